The van der Waals surface area contributed by atoms with Crippen molar-refractivity contribution in [2.45, 2.75) is 12.8 Å². The number of hydrogen-bond donors (Lipinski definition) is 1. The number of rotatable bonds is 5. The van der Waals surface area contributed by atoms with Crippen LogP contribution in [0.3, 0.4) is 0 Å². The van der Waals surface area contributed by atoms with Gasteiger partial charge in [-0.3, -0.25) is 0 Å². The third-order valence-electron chi connectivity index (χ3n) is 2.15. The Balaban J connectivity index is 2.75. The van der Waals surface area contributed by atoms with E-state index < -0.39 is 25.3 Å². The molecule has 0 aliphatic carbocycles. The normalized spacial score (nSPS) is 12.9. The summed E-state index contributed by atoms with van der Waals surface area (Å²) < 4.78 is 65.2. The number of nitrogens with one attached hydrogen (secondary N) is 1. The van der Waals surface area contributed by atoms with Crippen LogP contribution in [0.1, 0.15) is 0 Å². The summed E-state index contributed by atoms with van der Waals surface area (Å²) in [5, 5.41) is 10.7. The van der Waals surface area contributed by atoms with Gasteiger partial charge in [-0.1, -0.05) is 12.1 Å². The summed E-state index contributed by atoms with van der Waals surface area (Å²) in [6.45, 7) is -3.83. The van der Waals surface area contributed by atoms with Crippen LogP contribution >= 0.6 is 0 Å². The first-order valence-corrected chi connectivity index (χ1v) is 5.08. The van der Waals surface area contributed by atoms with Crippen molar-refractivity contribution < 1.29 is 26.7 Å². The fraction of sp³-hybridized carbons (Fsp3) is 0.364. The minimum absolute atomic E-state index is 0.0349. The van der Waals surface area contributed by atoms with Crippen molar-refractivity contribution in [3.8, 4) is 11.8 Å². The van der Waals surface area contributed by atoms with Crippen LogP contribution in [0.25, 0.3) is 0 Å². The van der Waals surface area contributed by atoms with Crippen molar-refractivity contribution in [2.75, 3.05) is 11.9 Å². The lowest BCUT2D eigenvalue weighted by Crippen LogP contribution is -2.28. The van der Waals surface area contributed by atoms with Crippen LogP contribution in [0.4, 0.5) is 27.6 Å². The molecule has 0 aromatic heterocycles. The van der Waals surface area contributed by atoms with Gasteiger partial charge in [0.2, 0.25) is 0 Å². The zero-order valence-electron chi connectivity index (χ0n) is 9.42. The van der Waals surface area contributed by atoms with Gasteiger partial charge < -0.3 is 10.1 Å². The summed E-state index contributed by atoms with van der Waals surface area (Å²) in [6.07, 6.45) is -4.68. The topological polar surface area (TPSA) is 45.0 Å². The van der Waals surface area contributed by atoms with E-state index >= 15 is 0 Å². The van der Waals surface area contributed by atoms with Crippen LogP contribution in [0, 0.1) is 17.2 Å². The van der Waals surface area contributed by atoms with Gasteiger partial charge in [-0.05, 0) is 12.1 Å². The summed E-state index contributed by atoms with van der Waals surface area (Å²) in [4.78, 5) is 0. The van der Waals surface area contributed by atoms with Crippen LogP contribution in [-0.4, -0.2) is 19.3 Å². The van der Waals surface area contributed by atoms with Gasteiger partial charge in [-0.15, -0.1) is 0 Å². The quantitative estimate of drug-likeness (QED) is 0.841. The lowest BCUT2D eigenvalue weighted by Gasteiger charge is -2.16. The Morgan fingerprint density at radius 1 is 1.26 bits per heavy atom. The van der Waals surface area contributed by atoms with Gasteiger partial charge >= 0.3 is 12.8 Å². The molecule has 8 heteroatoms. The smallest absolute Gasteiger partial charge is 0.406 e. The van der Waals surface area contributed by atoms with Crippen LogP contribution in [0.5, 0.6) is 5.75 Å². The highest BCUT2D eigenvalue weighted by Gasteiger charge is 2.39. The molecule has 1 rings (SSSR count). The van der Waals surface area contributed by atoms with Gasteiger partial charge in [0.1, 0.15) is 5.75 Å². The zero-order valence-corrected chi connectivity index (χ0v) is 9.42. The molecule has 0 spiro atoms. The van der Waals surface area contributed by atoms with E-state index in [1.165, 1.54) is 24.3 Å². The van der Waals surface area contributed by atoms with Gasteiger partial charge in [0, 0.05) is 6.54 Å². The SMILES string of the molecule is N#CC(CNc1ccccc1OC(F)F)C(F)(F)F. The largest absolute Gasteiger partial charge is 0.433 e. The number of benzene rings is 1. The second-order valence-electron chi connectivity index (χ2n) is 3.48. The van der Waals surface area contributed by atoms with Crippen LogP contribution in [-0.2, 0) is 0 Å². The van der Waals surface area contributed by atoms with Gasteiger partial charge in [-0.2, -0.15) is 27.2 Å². The molecular weight excluding hydrogens is 271 g/mol. The van der Waals surface area contributed by atoms with E-state index in [9.17, 15) is 22.0 Å². The molecule has 0 radical (unpaired) electrons. The van der Waals surface area contributed by atoms with Crippen molar-refractivity contribution >= 4 is 5.69 Å². The molecule has 0 aliphatic rings. The maximum atomic E-state index is 12.3. The van der Waals surface area contributed by atoms with Gasteiger partial charge in [0.25, 0.3) is 0 Å². The number of para-hydroxylation sites is 2. The average molecular weight is 280 g/mol. The minimum atomic E-state index is -4.68. The summed E-state index contributed by atoms with van der Waals surface area (Å²) in [5.41, 5.74) is -0.0349. The van der Waals surface area contributed by atoms with E-state index in [-0.39, 0.29) is 11.4 Å². The zero-order chi connectivity index (χ0) is 14.5. The standard InChI is InChI=1S/C11H9F5N2O/c12-10(13)19-9-4-2-1-3-8(9)18-6-7(5-17)11(14,15)16/h1-4,7,10,18H,6H2. The Morgan fingerprint density at radius 3 is 2.42 bits per heavy atom. The maximum absolute atomic E-state index is 12.3. The monoisotopic (exact) mass is 280 g/mol. The average Bonchev–Trinajstić information content (AvgIpc) is 2.29. The van der Waals surface area contributed by atoms with E-state index in [2.05, 4.69) is 10.1 Å². The van der Waals surface area contributed by atoms with E-state index in [1.807, 2.05) is 0 Å². The Labute approximate surface area is 105 Å². The minimum Gasteiger partial charge on any atom is -0.433 e. The Kier molecular flexibility index (Phi) is 4.92. The fourth-order valence-electron chi connectivity index (χ4n) is 1.26. The second-order valence-corrected chi connectivity index (χ2v) is 3.48. The van der Waals surface area contributed by atoms with Crippen LogP contribution < -0.4 is 10.1 Å². The molecule has 1 N–H and O–H groups in total. The van der Waals surface area contributed by atoms with Gasteiger partial charge in [0.15, 0.2) is 5.92 Å². The lowest BCUT2D eigenvalue weighted by atomic mass is 10.1. The summed E-state index contributed by atoms with van der Waals surface area (Å²) >= 11 is 0. The van der Waals surface area contributed by atoms with E-state index in [0.29, 0.717) is 0 Å². The second kappa shape index (κ2) is 6.22. The fourth-order valence-corrected chi connectivity index (χ4v) is 1.26. The third kappa shape index (κ3) is 4.62. The van der Waals surface area contributed by atoms with Crippen molar-refractivity contribution in [2.24, 2.45) is 5.92 Å². The third-order valence-corrected chi connectivity index (χ3v) is 2.15. The first-order chi connectivity index (χ1) is 8.84. The van der Waals surface area contributed by atoms with E-state index in [1.54, 1.807) is 0 Å². The maximum Gasteiger partial charge on any atom is 0.406 e. The molecule has 1 unspecified atom stereocenters. The molecule has 0 saturated carbocycles. The molecule has 0 amide bonds. The number of nitrogens with zero attached hydrogens (tertiary/aromatic N) is 1. The molecule has 3 nitrogen and oxygen atoms in total. The molecule has 0 heterocycles. The van der Waals surface area contributed by atoms with Gasteiger partial charge in [0.05, 0.1) is 11.8 Å². The first kappa shape index (κ1) is 15.0. The first-order valence-electron chi connectivity index (χ1n) is 5.08. The summed E-state index contributed by atoms with van der Waals surface area (Å²) in [6, 6.07) is 6.40. The Hall–Kier alpha value is -2.04. The molecule has 1 aromatic carbocycles. The van der Waals surface area contributed by atoms with E-state index in [4.69, 9.17) is 5.26 Å². The molecule has 0 bridgehead atoms. The molecule has 19 heavy (non-hydrogen) atoms. The Morgan fingerprint density at radius 2 is 1.89 bits per heavy atom. The number of nitriles is 1. The number of ether oxygens (including phenoxy) is 1. The van der Waals surface area contributed by atoms with Crippen LogP contribution in [0.15, 0.2) is 24.3 Å². The summed E-state index contributed by atoms with van der Waals surface area (Å²) in [7, 11) is 0. The molecule has 0 fully saturated rings. The van der Waals surface area contributed by atoms with Crippen LogP contribution in [0.2, 0.25) is 0 Å². The predicted molar refractivity (Wildman–Crippen MR) is 56.7 cm³/mol. The molecule has 0 aliphatic heterocycles. The highest BCUT2D eigenvalue weighted by atomic mass is 19.4. The molecular formula is C11H9F5N2O. The van der Waals surface area contributed by atoms with E-state index in [0.717, 1.165) is 6.07 Å². The number of hydrogen-bond acceptors (Lipinski definition) is 3. The van der Waals surface area contributed by atoms with Crippen molar-refractivity contribution in [1.29, 1.82) is 5.26 Å². The molecule has 1 atom stereocenters. The predicted octanol–water partition coefficient (Wildman–Crippen LogP) is 3.40. The van der Waals surface area contributed by atoms with Gasteiger partial charge in [-0.25, -0.2) is 0 Å². The number of halogens is 5. The summed E-state index contributed by atoms with van der Waals surface area (Å²) in [5.74, 6) is -2.51. The Bertz CT molecular complexity index is 455. The highest BCUT2D eigenvalue weighted by molar-refractivity contribution is 5.56. The van der Waals surface area contributed by atoms with Crippen molar-refractivity contribution in [3.63, 3.8) is 0 Å². The molecule has 0 saturated heterocycles. The molecule has 1 aromatic rings. The molecule has 104 valence electrons. The number of anilines is 1. The highest BCUT2D eigenvalue weighted by Crippen LogP contribution is 2.29. The number of alkyl halides is 5. The van der Waals surface area contributed by atoms with Crippen molar-refractivity contribution in [1.82, 2.24) is 0 Å². The van der Waals surface area contributed by atoms with Crippen molar-refractivity contribution in [3.05, 3.63) is 24.3 Å². The lowest BCUT2D eigenvalue weighted by molar-refractivity contribution is -0.155.